The van der Waals surface area contributed by atoms with Crippen molar-refractivity contribution in [3.05, 3.63) is 0 Å². The molecule has 60 valence electrons. The molecular formula is C3H10N4O3. The average Bonchev–Trinajstić information content (AvgIpc) is 1.90. The highest BCUT2D eigenvalue weighted by Gasteiger charge is 2.22. The van der Waals surface area contributed by atoms with Crippen LogP contribution in [0.2, 0.25) is 0 Å². The number of nitrogens with two attached hydrogens (primary N) is 4. The molecule has 0 aromatic carbocycles. The van der Waals surface area contributed by atoms with Gasteiger partial charge >= 0.3 is 0 Å². The second kappa shape index (κ2) is 4.14. The van der Waals surface area contributed by atoms with E-state index in [4.69, 9.17) is 11.5 Å². The number of carbonyl (C=O) groups excluding carboxylic acids is 1. The molecular weight excluding hydrogens is 140 g/mol. The molecule has 0 bridgehead atoms. The molecule has 7 heteroatoms. The van der Waals surface area contributed by atoms with Crippen LogP contribution in [0.25, 0.3) is 0 Å². The Morgan fingerprint density at radius 2 is 1.70 bits per heavy atom. The minimum Gasteiger partial charge on any atom is -0.368 e. The van der Waals surface area contributed by atoms with Crippen molar-refractivity contribution in [2.75, 3.05) is 0 Å². The van der Waals surface area contributed by atoms with E-state index in [-0.39, 0.29) is 0 Å². The van der Waals surface area contributed by atoms with Crippen LogP contribution in [0.5, 0.6) is 0 Å². The Balaban J connectivity index is 3.88. The summed E-state index contributed by atoms with van der Waals surface area (Å²) in [5.41, 5.74) is 9.85. The zero-order chi connectivity index (χ0) is 8.15. The molecule has 0 rings (SSSR count). The van der Waals surface area contributed by atoms with Gasteiger partial charge in [0.1, 0.15) is 6.04 Å². The van der Waals surface area contributed by atoms with Crippen LogP contribution in [-0.2, 0) is 14.5 Å². The summed E-state index contributed by atoms with van der Waals surface area (Å²) in [5, 5.41) is 0. The van der Waals surface area contributed by atoms with Crippen LogP contribution in [0.1, 0.15) is 0 Å². The second-order valence-corrected chi connectivity index (χ2v) is 1.57. The Morgan fingerprint density at radius 3 is 1.80 bits per heavy atom. The van der Waals surface area contributed by atoms with E-state index >= 15 is 0 Å². The van der Waals surface area contributed by atoms with Gasteiger partial charge in [0, 0.05) is 0 Å². The van der Waals surface area contributed by atoms with Crippen LogP contribution in [0.3, 0.4) is 0 Å². The number of hydrogen-bond acceptors (Lipinski definition) is 6. The fourth-order valence-corrected chi connectivity index (χ4v) is 0.335. The normalized spacial score (nSPS) is 13.6. The van der Waals surface area contributed by atoms with Gasteiger partial charge in [-0.15, -0.1) is 0 Å². The minimum absolute atomic E-state index is 0.805. The maximum Gasteiger partial charge on any atom is 0.239 e. The molecule has 0 radical (unpaired) electrons. The first-order valence-corrected chi connectivity index (χ1v) is 2.39. The molecule has 1 amide bonds. The van der Waals surface area contributed by atoms with Gasteiger partial charge in [0.15, 0.2) is 0 Å². The van der Waals surface area contributed by atoms with Gasteiger partial charge < -0.3 is 11.5 Å². The number of carbonyl (C=O) groups is 1. The number of hydrogen-bond donors (Lipinski definition) is 4. The summed E-state index contributed by atoms with van der Waals surface area (Å²) in [7, 11) is 0. The van der Waals surface area contributed by atoms with Gasteiger partial charge in [-0.05, 0) is 0 Å². The number of primary amides is 1. The highest BCUT2D eigenvalue weighted by Crippen LogP contribution is 1.91. The first-order chi connectivity index (χ1) is 4.63. The summed E-state index contributed by atoms with van der Waals surface area (Å²) in [4.78, 5) is 18.4. The maximum absolute atomic E-state index is 10.3. The van der Waals surface area contributed by atoms with Crippen LogP contribution in [0, 0.1) is 0 Å². The fourth-order valence-electron chi connectivity index (χ4n) is 0.335. The average molecular weight is 150 g/mol. The lowest BCUT2D eigenvalue weighted by Gasteiger charge is -2.15. The molecule has 7 nitrogen and oxygen atoms in total. The van der Waals surface area contributed by atoms with E-state index in [2.05, 4.69) is 21.5 Å². The van der Waals surface area contributed by atoms with E-state index in [1.165, 1.54) is 0 Å². The highest BCUT2D eigenvalue weighted by molar-refractivity contribution is 5.79. The third kappa shape index (κ3) is 2.25. The smallest absolute Gasteiger partial charge is 0.239 e. The van der Waals surface area contributed by atoms with E-state index < -0.39 is 18.2 Å². The van der Waals surface area contributed by atoms with Crippen LogP contribution >= 0.6 is 0 Å². The SMILES string of the molecule is NOC(ON)C(N)C(N)=O. The molecule has 0 saturated heterocycles. The van der Waals surface area contributed by atoms with Crippen LogP contribution < -0.4 is 23.3 Å². The van der Waals surface area contributed by atoms with E-state index in [0.717, 1.165) is 0 Å². The van der Waals surface area contributed by atoms with Crippen molar-refractivity contribution in [2.45, 2.75) is 12.3 Å². The van der Waals surface area contributed by atoms with Gasteiger partial charge in [-0.25, -0.2) is 11.8 Å². The fraction of sp³-hybridized carbons (Fsp3) is 0.667. The summed E-state index contributed by atoms with van der Waals surface area (Å²) in [5.74, 6) is 8.45. The van der Waals surface area contributed by atoms with Crippen LogP contribution in [-0.4, -0.2) is 18.2 Å². The molecule has 0 aliphatic carbocycles. The summed E-state index contributed by atoms with van der Waals surface area (Å²) in [6.45, 7) is 0. The monoisotopic (exact) mass is 150 g/mol. The van der Waals surface area contributed by atoms with Crippen molar-refractivity contribution >= 4 is 5.91 Å². The van der Waals surface area contributed by atoms with E-state index in [9.17, 15) is 4.79 Å². The van der Waals surface area contributed by atoms with Crippen molar-refractivity contribution in [1.29, 1.82) is 0 Å². The Morgan fingerprint density at radius 1 is 1.30 bits per heavy atom. The summed E-state index contributed by atoms with van der Waals surface area (Å²) in [6, 6.07) is -1.16. The minimum atomic E-state index is -1.20. The van der Waals surface area contributed by atoms with Crippen molar-refractivity contribution in [3.8, 4) is 0 Å². The molecule has 0 heterocycles. The van der Waals surface area contributed by atoms with E-state index in [1.807, 2.05) is 0 Å². The lowest BCUT2D eigenvalue weighted by Crippen LogP contribution is -2.50. The topological polar surface area (TPSA) is 140 Å². The zero-order valence-corrected chi connectivity index (χ0v) is 5.19. The lowest BCUT2D eigenvalue weighted by atomic mass is 10.3. The van der Waals surface area contributed by atoms with Gasteiger partial charge in [-0.3, -0.25) is 14.5 Å². The molecule has 0 saturated carbocycles. The molecule has 1 unspecified atom stereocenters. The molecule has 0 aliphatic rings. The van der Waals surface area contributed by atoms with E-state index in [0.29, 0.717) is 0 Å². The maximum atomic E-state index is 10.3. The summed E-state index contributed by atoms with van der Waals surface area (Å²) in [6.07, 6.45) is -1.20. The van der Waals surface area contributed by atoms with Crippen LogP contribution in [0.4, 0.5) is 0 Å². The lowest BCUT2D eigenvalue weighted by molar-refractivity contribution is -0.166. The first kappa shape index (κ1) is 9.27. The molecule has 8 N–H and O–H groups in total. The summed E-state index contributed by atoms with van der Waals surface area (Å²) >= 11 is 0. The predicted molar refractivity (Wildman–Crippen MR) is 31.5 cm³/mol. The molecule has 1 atom stereocenters. The molecule has 0 spiro atoms. The number of amides is 1. The van der Waals surface area contributed by atoms with Gasteiger partial charge in [0.25, 0.3) is 0 Å². The summed E-state index contributed by atoms with van der Waals surface area (Å²) < 4.78 is 0. The third-order valence-corrected chi connectivity index (χ3v) is 0.890. The second-order valence-electron chi connectivity index (χ2n) is 1.57. The quantitative estimate of drug-likeness (QED) is 0.247. The Labute approximate surface area is 57.1 Å². The Bertz CT molecular complexity index is 114. The molecule has 0 fully saturated rings. The predicted octanol–water partition coefficient (Wildman–Crippen LogP) is -3.09. The van der Waals surface area contributed by atoms with Gasteiger partial charge in [0.05, 0.1) is 0 Å². The highest BCUT2D eigenvalue weighted by atomic mass is 16.8. The Hall–Kier alpha value is -0.730. The van der Waals surface area contributed by atoms with Crippen molar-refractivity contribution in [2.24, 2.45) is 23.3 Å². The van der Waals surface area contributed by atoms with Gasteiger partial charge in [-0.2, -0.15) is 0 Å². The third-order valence-electron chi connectivity index (χ3n) is 0.890. The van der Waals surface area contributed by atoms with E-state index in [1.54, 1.807) is 0 Å². The molecule has 0 aliphatic heterocycles. The van der Waals surface area contributed by atoms with Crippen molar-refractivity contribution in [1.82, 2.24) is 0 Å². The molecule has 0 aromatic rings. The largest absolute Gasteiger partial charge is 0.368 e. The Kier molecular flexibility index (Phi) is 3.84. The molecule has 10 heavy (non-hydrogen) atoms. The standard InChI is InChI=1S/C3H10N4O3/c4-1(2(5)8)3(9-6)10-7/h1,3H,4,6-7H2,(H2,5,8). The van der Waals surface area contributed by atoms with Gasteiger partial charge in [0.2, 0.25) is 12.2 Å². The van der Waals surface area contributed by atoms with Gasteiger partial charge in [-0.1, -0.05) is 0 Å². The number of rotatable bonds is 4. The molecule has 0 aromatic heterocycles. The van der Waals surface area contributed by atoms with Crippen molar-refractivity contribution in [3.63, 3.8) is 0 Å². The van der Waals surface area contributed by atoms with Crippen molar-refractivity contribution < 1.29 is 14.5 Å². The van der Waals surface area contributed by atoms with Crippen LogP contribution in [0.15, 0.2) is 0 Å². The zero-order valence-electron chi connectivity index (χ0n) is 5.19. The first-order valence-electron chi connectivity index (χ1n) is 2.39.